The summed E-state index contributed by atoms with van der Waals surface area (Å²) in [6.07, 6.45) is 0. The third-order valence-electron chi connectivity index (χ3n) is 4.50. The lowest BCUT2D eigenvalue weighted by molar-refractivity contribution is 1.17. The molecule has 0 saturated carbocycles. The quantitative estimate of drug-likeness (QED) is 0.452. The number of hydrogen-bond donors (Lipinski definition) is 0. The molecule has 0 fully saturated rings. The molecule has 3 aromatic carbocycles. The van der Waals surface area contributed by atoms with E-state index in [4.69, 9.17) is 9.97 Å². The van der Waals surface area contributed by atoms with Crippen LogP contribution in [0.25, 0.3) is 33.9 Å². The molecule has 0 N–H and O–H groups in total. The predicted molar refractivity (Wildman–Crippen MR) is 108 cm³/mol. The van der Waals surface area contributed by atoms with Crippen molar-refractivity contribution < 1.29 is 0 Å². The van der Waals surface area contributed by atoms with Crippen molar-refractivity contribution >= 4 is 0 Å². The maximum atomic E-state index is 4.89. The summed E-state index contributed by atoms with van der Waals surface area (Å²) in [7, 11) is 0. The average Bonchev–Trinajstić information content (AvgIpc) is 2.71. The highest BCUT2D eigenvalue weighted by Crippen LogP contribution is 2.29. The Morgan fingerprint density at radius 3 is 1.65 bits per heavy atom. The standard InChI is InChI=1S/C24H20N2/c1-17-13-14-18(2)21(15-17)24-25-22(19-9-5-3-6-10-19)16-23(26-24)20-11-7-4-8-12-20/h3-16H,1-2H3. The van der Waals surface area contributed by atoms with E-state index < -0.39 is 0 Å². The van der Waals surface area contributed by atoms with Crippen LogP contribution in [-0.4, -0.2) is 9.97 Å². The van der Waals surface area contributed by atoms with E-state index in [0.29, 0.717) is 0 Å². The third kappa shape index (κ3) is 3.27. The molecule has 0 aliphatic carbocycles. The van der Waals surface area contributed by atoms with Crippen LogP contribution in [-0.2, 0) is 0 Å². The number of nitrogens with zero attached hydrogens (tertiary/aromatic N) is 2. The highest BCUT2D eigenvalue weighted by Gasteiger charge is 2.12. The summed E-state index contributed by atoms with van der Waals surface area (Å²) in [6.45, 7) is 4.21. The largest absolute Gasteiger partial charge is 0.228 e. The third-order valence-corrected chi connectivity index (χ3v) is 4.50. The fraction of sp³-hybridized carbons (Fsp3) is 0.0833. The molecule has 0 aliphatic heterocycles. The molecule has 2 nitrogen and oxygen atoms in total. The van der Waals surface area contributed by atoms with Crippen LogP contribution in [0.15, 0.2) is 84.9 Å². The Kier molecular flexibility index (Phi) is 4.32. The van der Waals surface area contributed by atoms with Crippen LogP contribution in [0.2, 0.25) is 0 Å². The lowest BCUT2D eigenvalue weighted by Gasteiger charge is -2.11. The SMILES string of the molecule is Cc1ccc(C)c(-c2nc(-c3ccccc3)cc(-c3ccccc3)n2)c1. The van der Waals surface area contributed by atoms with Gasteiger partial charge in [-0.15, -0.1) is 0 Å². The molecule has 1 heterocycles. The van der Waals surface area contributed by atoms with Crippen LogP contribution in [0.1, 0.15) is 11.1 Å². The molecule has 0 saturated heterocycles. The van der Waals surface area contributed by atoms with E-state index in [1.165, 1.54) is 11.1 Å². The lowest BCUT2D eigenvalue weighted by atomic mass is 10.0. The number of aromatic nitrogens is 2. The fourth-order valence-electron chi connectivity index (χ4n) is 3.06. The topological polar surface area (TPSA) is 25.8 Å². The molecule has 2 heteroatoms. The van der Waals surface area contributed by atoms with Gasteiger partial charge in [0, 0.05) is 16.7 Å². The van der Waals surface area contributed by atoms with Crippen molar-refractivity contribution in [1.29, 1.82) is 0 Å². The Labute approximate surface area is 154 Å². The van der Waals surface area contributed by atoms with E-state index in [-0.39, 0.29) is 0 Å². The minimum atomic E-state index is 0.770. The van der Waals surface area contributed by atoms with E-state index in [1.807, 2.05) is 36.4 Å². The highest BCUT2D eigenvalue weighted by atomic mass is 14.9. The summed E-state index contributed by atoms with van der Waals surface area (Å²) in [6, 6.07) is 29.0. The minimum absolute atomic E-state index is 0.770. The molecule has 1 aromatic heterocycles. The smallest absolute Gasteiger partial charge is 0.160 e. The van der Waals surface area contributed by atoms with Gasteiger partial charge in [0.15, 0.2) is 5.82 Å². The highest BCUT2D eigenvalue weighted by molar-refractivity contribution is 5.72. The van der Waals surface area contributed by atoms with Gasteiger partial charge in [0.25, 0.3) is 0 Å². The van der Waals surface area contributed by atoms with Crippen LogP contribution >= 0.6 is 0 Å². The first kappa shape index (κ1) is 16.2. The Hall–Kier alpha value is -3.26. The van der Waals surface area contributed by atoms with Gasteiger partial charge in [0.05, 0.1) is 11.4 Å². The molecule has 0 bridgehead atoms. The van der Waals surface area contributed by atoms with Crippen molar-refractivity contribution in [3.05, 3.63) is 96.1 Å². The second-order valence-electron chi connectivity index (χ2n) is 6.51. The van der Waals surface area contributed by atoms with Crippen LogP contribution in [0.3, 0.4) is 0 Å². The number of benzene rings is 3. The number of rotatable bonds is 3. The monoisotopic (exact) mass is 336 g/mol. The van der Waals surface area contributed by atoms with Crippen molar-refractivity contribution in [1.82, 2.24) is 9.97 Å². The molecular weight excluding hydrogens is 316 g/mol. The van der Waals surface area contributed by atoms with Gasteiger partial charge < -0.3 is 0 Å². The molecule has 0 radical (unpaired) electrons. The van der Waals surface area contributed by atoms with Gasteiger partial charge >= 0.3 is 0 Å². The maximum Gasteiger partial charge on any atom is 0.160 e. The van der Waals surface area contributed by atoms with Crippen LogP contribution in [0, 0.1) is 13.8 Å². The normalized spacial score (nSPS) is 10.7. The average molecular weight is 336 g/mol. The predicted octanol–water partition coefficient (Wildman–Crippen LogP) is 6.09. The summed E-state index contributed by atoms with van der Waals surface area (Å²) in [5.41, 5.74) is 7.54. The first-order valence-electron chi connectivity index (χ1n) is 8.78. The van der Waals surface area contributed by atoms with Gasteiger partial charge in [-0.05, 0) is 31.5 Å². The lowest BCUT2D eigenvalue weighted by Crippen LogP contribution is -1.97. The first-order chi connectivity index (χ1) is 12.7. The maximum absolute atomic E-state index is 4.89. The Bertz CT molecular complexity index is 981. The van der Waals surface area contributed by atoms with Gasteiger partial charge in [0.2, 0.25) is 0 Å². The molecule has 0 amide bonds. The fourth-order valence-corrected chi connectivity index (χ4v) is 3.06. The first-order valence-corrected chi connectivity index (χ1v) is 8.78. The van der Waals surface area contributed by atoms with Gasteiger partial charge in [0.1, 0.15) is 0 Å². The van der Waals surface area contributed by atoms with E-state index in [2.05, 4.69) is 62.4 Å². The molecule has 0 atom stereocenters. The zero-order valence-corrected chi connectivity index (χ0v) is 15.0. The molecule has 0 unspecified atom stereocenters. The molecule has 4 aromatic rings. The molecule has 126 valence electrons. The molecule has 4 rings (SSSR count). The second-order valence-corrected chi connectivity index (χ2v) is 6.51. The van der Waals surface area contributed by atoms with Gasteiger partial charge in [-0.1, -0.05) is 78.4 Å². The zero-order chi connectivity index (χ0) is 17.9. The molecule has 0 aliphatic rings. The van der Waals surface area contributed by atoms with E-state index in [0.717, 1.165) is 33.9 Å². The molecular formula is C24H20N2. The van der Waals surface area contributed by atoms with Gasteiger partial charge in [-0.2, -0.15) is 0 Å². The van der Waals surface area contributed by atoms with E-state index in [9.17, 15) is 0 Å². The van der Waals surface area contributed by atoms with Crippen LogP contribution in [0.4, 0.5) is 0 Å². The van der Waals surface area contributed by atoms with Crippen LogP contribution in [0.5, 0.6) is 0 Å². The van der Waals surface area contributed by atoms with E-state index in [1.54, 1.807) is 0 Å². The van der Waals surface area contributed by atoms with E-state index >= 15 is 0 Å². The minimum Gasteiger partial charge on any atom is -0.228 e. The van der Waals surface area contributed by atoms with Crippen molar-refractivity contribution in [2.45, 2.75) is 13.8 Å². The molecule has 26 heavy (non-hydrogen) atoms. The Morgan fingerprint density at radius 2 is 1.12 bits per heavy atom. The van der Waals surface area contributed by atoms with Crippen molar-refractivity contribution in [3.8, 4) is 33.9 Å². The van der Waals surface area contributed by atoms with Crippen molar-refractivity contribution in [2.24, 2.45) is 0 Å². The number of hydrogen-bond acceptors (Lipinski definition) is 2. The summed E-state index contributed by atoms with van der Waals surface area (Å²) in [4.78, 5) is 9.78. The summed E-state index contributed by atoms with van der Waals surface area (Å²) in [5.74, 6) is 0.770. The van der Waals surface area contributed by atoms with Gasteiger partial charge in [-0.3, -0.25) is 0 Å². The Balaban J connectivity index is 1.95. The summed E-state index contributed by atoms with van der Waals surface area (Å²) in [5, 5.41) is 0. The van der Waals surface area contributed by atoms with Crippen molar-refractivity contribution in [3.63, 3.8) is 0 Å². The molecule has 0 spiro atoms. The van der Waals surface area contributed by atoms with Crippen LogP contribution < -0.4 is 0 Å². The zero-order valence-electron chi connectivity index (χ0n) is 15.0. The summed E-state index contributed by atoms with van der Waals surface area (Å²) < 4.78 is 0. The second kappa shape index (κ2) is 6.93. The summed E-state index contributed by atoms with van der Waals surface area (Å²) >= 11 is 0. The van der Waals surface area contributed by atoms with Gasteiger partial charge in [-0.25, -0.2) is 9.97 Å². The number of aryl methyl sites for hydroxylation is 2. The van der Waals surface area contributed by atoms with Crippen molar-refractivity contribution in [2.75, 3.05) is 0 Å². The Morgan fingerprint density at radius 1 is 0.577 bits per heavy atom.